The number of hydrogen-bond donors (Lipinski definition) is 1. The first-order valence-electron chi connectivity index (χ1n) is 4.16. The summed E-state index contributed by atoms with van der Waals surface area (Å²) in [5, 5.41) is 0. The van der Waals surface area contributed by atoms with Crippen LogP contribution in [0.3, 0.4) is 0 Å². The van der Waals surface area contributed by atoms with Gasteiger partial charge in [0.15, 0.2) is 0 Å². The molecule has 3 nitrogen and oxygen atoms in total. The van der Waals surface area contributed by atoms with Crippen LogP contribution in [-0.4, -0.2) is 29.9 Å². The van der Waals surface area contributed by atoms with Crippen molar-refractivity contribution in [2.75, 3.05) is 13.1 Å². The highest BCUT2D eigenvalue weighted by Crippen LogP contribution is 2.14. The van der Waals surface area contributed by atoms with E-state index in [4.69, 9.17) is 12.2 Å². The molecule has 0 bridgehead atoms. The van der Waals surface area contributed by atoms with Crippen molar-refractivity contribution < 1.29 is 4.79 Å². The Bertz CT molecular complexity index is 219. The molecule has 0 aliphatic carbocycles. The Balaban J connectivity index is 2.52. The zero-order valence-corrected chi connectivity index (χ0v) is 7.29. The predicted octanol–water partition coefficient (Wildman–Crippen LogP) is -0.185. The van der Waals surface area contributed by atoms with Crippen molar-refractivity contribution in [2.45, 2.75) is 19.4 Å². The number of hydrogen-bond acceptors (Lipinski definition) is 2. The van der Waals surface area contributed by atoms with Crippen LogP contribution in [0.25, 0.3) is 0 Å². The third-order valence-corrected chi connectivity index (χ3v) is 2.38. The third-order valence-electron chi connectivity index (χ3n) is 2.38. The minimum atomic E-state index is -0.214. The molecule has 0 radical (unpaired) electrons. The van der Waals surface area contributed by atoms with Crippen LogP contribution in [0.1, 0.15) is 13.3 Å². The molecule has 1 saturated heterocycles. The molecule has 3 heteroatoms. The molecule has 2 atom stereocenters. The molecule has 1 rings (SSSR count). The van der Waals surface area contributed by atoms with Gasteiger partial charge in [0.25, 0.3) is 5.91 Å². The Morgan fingerprint density at radius 2 is 2.42 bits per heavy atom. The Morgan fingerprint density at radius 1 is 1.75 bits per heavy atom. The summed E-state index contributed by atoms with van der Waals surface area (Å²) in [6.45, 7) is 3.44. The van der Waals surface area contributed by atoms with Gasteiger partial charge in [-0.05, 0) is 18.3 Å². The maximum atomic E-state index is 11.1. The van der Waals surface area contributed by atoms with E-state index in [0.29, 0.717) is 19.0 Å². The normalized spacial score (nSPS) is 29.6. The molecular formula is C9H14N2O. The molecule has 1 aliphatic heterocycles. The molecule has 1 fully saturated rings. The molecule has 2 N–H and O–H groups in total. The molecule has 0 aromatic heterocycles. The van der Waals surface area contributed by atoms with Crippen LogP contribution in [0.15, 0.2) is 0 Å². The van der Waals surface area contributed by atoms with Crippen LogP contribution in [0.2, 0.25) is 0 Å². The molecule has 12 heavy (non-hydrogen) atoms. The Kier molecular flexibility index (Phi) is 2.72. The minimum absolute atomic E-state index is 0.214. The van der Waals surface area contributed by atoms with Crippen molar-refractivity contribution in [1.29, 1.82) is 0 Å². The Labute approximate surface area is 72.9 Å². The standard InChI is InChI=1S/C9H14N2O/c1-3-9(12)11-5-4-8(10)7(2)6-11/h1,7-8H,4-6,10H2,2H3. The lowest BCUT2D eigenvalue weighted by atomic mass is 9.95. The maximum absolute atomic E-state index is 11.1. The second-order valence-electron chi connectivity index (χ2n) is 3.33. The zero-order valence-electron chi connectivity index (χ0n) is 7.29. The van der Waals surface area contributed by atoms with Crippen LogP contribution in [0.5, 0.6) is 0 Å². The van der Waals surface area contributed by atoms with E-state index in [1.54, 1.807) is 4.90 Å². The molecule has 66 valence electrons. The van der Waals surface area contributed by atoms with E-state index in [0.717, 1.165) is 6.42 Å². The summed E-state index contributed by atoms with van der Waals surface area (Å²) in [4.78, 5) is 12.8. The number of terminal acetylenes is 1. The SMILES string of the molecule is C#CC(=O)N1CCC(N)C(C)C1. The average molecular weight is 166 g/mol. The number of carbonyl (C=O) groups is 1. The highest BCUT2D eigenvalue weighted by Gasteiger charge is 2.24. The fourth-order valence-corrected chi connectivity index (χ4v) is 1.44. The number of likely N-dealkylation sites (tertiary alicyclic amines) is 1. The second-order valence-corrected chi connectivity index (χ2v) is 3.33. The van der Waals surface area contributed by atoms with E-state index in [9.17, 15) is 4.79 Å². The second kappa shape index (κ2) is 3.59. The number of rotatable bonds is 0. The van der Waals surface area contributed by atoms with Crippen molar-refractivity contribution in [3.8, 4) is 12.3 Å². The lowest BCUT2D eigenvalue weighted by molar-refractivity contribution is -0.126. The van der Waals surface area contributed by atoms with Gasteiger partial charge in [0, 0.05) is 19.1 Å². The Morgan fingerprint density at radius 3 is 2.92 bits per heavy atom. The highest BCUT2D eigenvalue weighted by atomic mass is 16.2. The summed E-state index contributed by atoms with van der Waals surface area (Å²) >= 11 is 0. The summed E-state index contributed by atoms with van der Waals surface area (Å²) in [6, 6.07) is 0.215. The summed E-state index contributed by atoms with van der Waals surface area (Å²) < 4.78 is 0. The smallest absolute Gasteiger partial charge is 0.298 e. The largest absolute Gasteiger partial charge is 0.332 e. The first-order chi connectivity index (χ1) is 5.65. The van der Waals surface area contributed by atoms with E-state index in [1.165, 1.54) is 0 Å². The molecule has 1 aliphatic rings. The first-order valence-corrected chi connectivity index (χ1v) is 4.16. The lowest BCUT2D eigenvalue weighted by Gasteiger charge is -2.33. The van der Waals surface area contributed by atoms with Crippen molar-refractivity contribution in [2.24, 2.45) is 11.7 Å². The molecule has 2 unspecified atom stereocenters. The van der Waals surface area contributed by atoms with Crippen LogP contribution >= 0.6 is 0 Å². The number of nitrogens with two attached hydrogens (primary N) is 1. The number of piperidine rings is 1. The van der Waals surface area contributed by atoms with E-state index in [1.807, 2.05) is 6.92 Å². The molecule has 0 spiro atoms. The number of amides is 1. The van der Waals surface area contributed by atoms with Gasteiger partial charge in [-0.1, -0.05) is 6.92 Å². The van der Waals surface area contributed by atoms with Gasteiger partial charge in [-0.3, -0.25) is 4.79 Å². The molecular weight excluding hydrogens is 152 g/mol. The van der Waals surface area contributed by atoms with Gasteiger partial charge >= 0.3 is 0 Å². The average Bonchev–Trinajstić information content (AvgIpc) is 2.08. The molecule has 0 aromatic rings. The van der Waals surface area contributed by atoms with Gasteiger partial charge in [-0.2, -0.15) is 0 Å². The molecule has 1 heterocycles. The van der Waals surface area contributed by atoms with Crippen molar-refractivity contribution in [1.82, 2.24) is 4.90 Å². The topological polar surface area (TPSA) is 46.3 Å². The quantitative estimate of drug-likeness (QED) is 0.507. The maximum Gasteiger partial charge on any atom is 0.298 e. The van der Waals surface area contributed by atoms with Crippen LogP contribution in [0, 0.1) is 18.3 Å². The molecule has 0 aromatic carbocycles. The number of nitrogens with zero attached hydrogens (tertiary/aromatic N) is 1. The van der Waals surface area contributed by atoms with Gasteiger partial charge < -0.3 is 10.6 Å². The summed E-state index contributed by atoms with van der Waals surface area (Å²) in [6.07, 6.45) is 5.87. The lowest BCUT2D eigenvalue weighted by Crippen LogP contribution is -2.47. The van der Waals surface area contributed by atoms with Crippen LogP contribution in [-0.2, 0) is 4.79 Å². The van der Waals surface area contributed by atoms with Crippen molar-refractivity contribution in [3.05, 3.63) is 0 Å². The zero-order chi connectivity index (χ0) is 9.14. The Hall–Kier alpha value is -1.01. The van der Waals surface area contributed by atoms with E-state index in [-0.39, 0.29) is 11.9 Å². The highest BCUT2D eigenvalue weighted by molar-refractivity contribution is 5.92. The van der Waals surface area contributed by atoms with E-state index >= 15 is 0 Å². The monoisotopic (exact) mass is 166 g/mol. The summed E-state index contributed by atoms with van der Waals surface area (Å²) in [5.74, 6) is 2.26. The fraction of sp³-hybridized carbons (Fsp3) is 0.667. The van der Waals surface area contributed by atoms with Gasteiger partial charge in [-0.25, -0.2) is 0 Å². The predicted molar refractivity (Wildman–Crippen MR) is 47.2 cm³/mol. The van der Waals surface area contributed by atoms with Gasteiger partial charge in [0.1, 0.15) is 0 Å². The summed E-state index contributed by atoms with van der Waals surface area (Å²) in [5.41, 5.74) is 5.79. The summed E-state index contributed by atoms with van der Waals surface area (Å²) in [7, 11) is 0. The molecule has 0 saturated carbocycles. The van der Waals surface area contributed by atoms with Crippen LogP contribution < -0.4 is 5.73 Å². The molecule has 1 amide bonds. The first kappa shape index (κ1) is 9.08. The number of carbonyl (C=O) groups excluding carboxylic acids is 1. The van der Waals surface area contributed by atoms with Gasteiger partial charge in [-0.15, -0.1) is 6.42 Å². The van der Waals surface area contributed by atoms with Gasteiger partial charge in [0.05, 0.1) is 0 Å². The third kappa shape index (κ3) is 1.77. The van der Waals surface area contributed by atoms with Crippen molar-refractivity contribution in [3.63, 3.8) is 0 Å². The van der Waals surface area contributed by atoms with Crippen molar-refractivity contribution >= 4 is 5.91 Å². The minimum Gasteiger partial charge on any atom is -0.332 e. The van der Waals surface area contributed by atoms with E-state index < -0.39 is 0 Å². The van der Waals surface area contributed by atoms with Crippen LogP contribution in [0.4, 0.5) is 0 Å². The fourth-order valence-electron chi connectivity index (χ4n) is 1.44. The van der Waals surface area contributed by atoms with E-state index in [2.05, 4.69) is 5.92 Å². The van der Waals surface area contributed by atoms with Gasteiger partial charge in [0.2, 0.25) is 0 Å².